The standard InChI is InChI=1S/C19H13N2O4S2.ClH/c1-25-16-8-3-2-5-13(16)10-17-18(22)20-15(11-26-19(20)27-17)12-6-4-7-14(9-12)21(23)24;/h2-11H,1H3;1H/q+1;/p-1/b17-10-;. The average molecular weight is 433 g/mol. The largest absolute Gasteiger partial charge is 1.00 e. The summed E-state index contributed by atoms with van der Waals surface area (Å²) in [7, 11) is 1.59. The zero-order chi connectivity index (χ0) is 19.0. The number of rotatable bonds is 4. The summed E-state index contributed by atoms with van der Waals surface area (Å²) in [5.41, 5.74) is 2.11. The van der Waals surface area contributed by atoms with E-state index in [9.17, 15) is 14.9 Å². The highest BCUT2D eigenvalue weighted by atomic mass is 35.5. The third kappa shape index (κ3) is 3.54. The number of para-hydroxylation sites is 1. The van der Waals surface area contributed by atoms with Gasteiger partial charge in [-0.05, 0) is 18.2 Å². The van der Waals surface area contributed by atoms with Crippen LogP contribution in [0.15, 0.2) is 63.2 Å². The van der Waals surface area contributed by atoms with Crippen molar-refractivity contribution in [1.82, 2.24) is 0 Å². The molecule has 1 aliphatic rings. The third-order valence-corrected chi connectivity index (χ3v) is 6.22. The van der Waals surface area contributed by atoms with Crippen LogP contribution in [0.2, 0.25) is 0 Å². The SMILES string of the molecule is COc1ccccc1/C=C1\Sc2scc(-c3cccc([N+](=O)[O-])c3)[n+]2C1=O.[Cl-]. The Kier molecular flexibility index (Phi) is 5.83. The molecular formula is C19H13ClN2O4S2. The van der Waals surface area contributed by atoms with Crippen LogP contribution in [0.5, 0.6) is 5.75 Å². The van der Waals surface area contributed by atoms with Gasteiger partial charge in [0.05, 0.1) is 23.0 Å². The monoisotopic (exact) mass is 432 g/mol. The molecule has 2 aromatic carbocycles. The molecule has 142 valence electrons. The molecule has 28 heavy (non-hydrogen) atoms. The van der Waals surface area contributed by atoms with E-state index in [1.54, 1.807) is 23.8 Å². The first-order valence-corrected chi connectivity index (χ1v) is 9.64. The summed E-state index contributed by atoms with van der Waals surface area (Å²) < 4.78 is 7.77. The zero-order valence-electron chi connectivity index (χ0n) is 14.5. The van der Waals surface area contributed by atoms with Gasteiger partial charge in [-0.1, -0.05) is 35.6 Å². The molecule has 4 rings (SSSR count). The van der Waals surface area contributed by atoms with E-state index in [1.807, 2.05) is 35.7 Å². The number of hydrogen-bond acceptors (Lipinski definition) is 6. The van der Waals surface area contributed by atoms with Crippen LogP contribution >= 0.6 is 23.1 Å². The highest BCUT2D eigenvalue weighted by molar-refractivity contribution is 8.05. The van der Waals surface area contributed by atoms with Gasteiger partial charge < -0.3 is 17.1 Å². The summed E-state index contributed by atoms with van der Waals surface area (Å²) in [4.78, 5) is 24.2. The summed E-state index contributed by atoms with van der Waals surface area (Å²) >= 11 is 2.83. The number of non-ortho nitro benzene ring substituents is 1. The first kappa shape index (κ1) is 20.1. The maximum Gasteiger partial charge on any atom is 0.433 e. The van der Waals surface area contributed by atoms with E-state index in [1.165, 1.54) is 35.2 Å². The number of halogens is 1. The minimum atomic E-state index is -0.440. The van der Waals surface area contributed by atoms with Gasteiger partial charge in [0.2, 0.25) is 5.69 Å². The Morgan fingerprint density at radius 3 is 2.71 bits per heavy atom. The van der Waals surface area contributed by atoms with Gasteiger partial charge in [0.1, 0.15) is 10.7 Å². The summed E-state index contributed by atoms with van der Waals surface area (Å²) in [5, 5.41) is 12.9. The Morgan fingerprint density at radius 2 is 1.96 bits per heavy atom. The van der Waals surface area contributed by atoms with Gasteiger partial charge in [-0.15, -0.1) is 4.57 Å². The van der Waals surface area contributed by atoms with Crippen LogP contribution in [0.25, 0.3) is 17.3 Å². The molecule has 0 atom stereocenters. The molecule has 0 unspecified atom stereocenters. The van der Waals surface area contributed by atoms with Crippen molar-refractivity contribution in [2.75, 3.05) is 7.11 Å². The van der Waals surface area contributed by atoms with Crippen molar-refractivity contribution in [1.29, 1.82) is 0 Å². The topological polar surface area (TPSA) is 73.3 Å². The van der Waals surface area contributed by atoms with Crippen molar-refractivity contribution in [2.24, 2.45) is 0 Å². The lowest BCUT2D eigenvalue weighted by Crippen LogP contribution is -3.00. The highest BCUT2D eigenvalue weighted by Gasteiger charge is 2.41. The maximum atomic E-state index is 13.0. The fraction of sp³-hybridized carbons (Fsp3) is 0.0526. The quantitative estimate of drug-likeness (QED) is 0.270. The number of benzene rings is 2. The molecule has 3 aromatic rings. The second kappa shape index (κ2) is 8.14. The van der Waals surface area contributed by atoms with E-state index in [0.717, 1.165) is 9.90 Å². The molecule has 0 saturated carbocycles. The lowest BCUT2D eigenvalue weighted by Gasteiger charge is -2.03. The number of hydrogen-bond donors (Lipinski definition) is 0. The van der Waals surface area contributed by atoms with Crippen molar-refractivity contribution in [3.05, 3.63) is 74.5 Å². The predicted octanol–water partition coefficient (Wildman–Crippen LogP) is 1.41. The van der Waals surface area contributed by atoms with Crippen LogP contribution < -0.4 is 21.7 Å². The van der Waals surface area contributed by atoms with Gasteiger partial charge in [0, 0.05) is 29.5 Å². The molecule has 6 nitrogen and oxygen atoms in total. The summed E-state index contributed by atoms with van der Waals surface area (Å²) in [6, 6.07) is 13.8. The van der Waals surface area contributed by atoms with E-state index in [-0.39, 0.29) is 24.0 Å². The number of nitro benzene ring substituents is 1. The molecular weight excluding hydrogens is 420 g/mol. The smallest absolute Gasteiger partial charge is 0.433 e. The molecule has 0 radical (unpaired) electrons. The van der Waals surface area contributed by atoms with Crippen molar-refractivity contribution >= 4 is 40.8 Å². The number of thioether (sulfide) groups is 1. The Morgan fingerprint density at radius 1 is 1.18 bits per heavy atom. The van der Waals surface area contributed by atoms with Crippen molar-refractivity contribution < 1.29 is 31.4 Å². The van der Waals surface area contributed by atoms with Crippen LogP contribution in [0, 0.1) is 10.1 Å². The van der Waals surface area contributed by atoms with Crippen LogP contribution in [0.4, 0.5) is 5.69 Å². The van der Waals surface area contributed by atoms with E-state index >= 15 is 0 Å². The number of carbonyl (C=O) groups is 1. The molecule has 1 aromatic heterocycles. The Balaban J connectivity index is 0.00000225. The average Bonchev–Trinajstić information content (AvgIpc) is 3.23. The third-order valence-electron chi connectivity index (χ3n) is 4.08. The number of methoxy groups -OCH3 is 1. The number of nitrogens with zero attached hydrogens (tertiary/aromatic N) is 2. The number of ether oxygens (including phenoxy) is 1. The summed E-state index contributed by atoms with van der Waals surface area (Å²) in [5.74, 6) is 0.543. The zero-order valence-corrected chi connectivity index (χ0v) is 16.9. The van der Waals surface area contributed by atoms with Crippen LogP contribution in [-0.4, -0.2) is 17.9 Å². The van der Waals surface area contributed by atoms with Gasteiger partial charge in [-0.25, -0.2) is 4.79 Å². The van der Waals surface area contributed by atoms with Crippen molar-refractivity contribution in [3.63, 3.8) is 0 Å². The lowest BCUT2D eigenvalue weighted by atomic mass is 10.1. The molecule has 0 N–H and O–H groups in total. The van der Waals surface area contributed by atoms with Gasteiger partial charge in [-0.2, -0.15) is 0 Å². The van der Waals surface area contributed by atoms with Gasteiger partial charge in [-0.3, -0.25) is 10.1 Å². The normalized spacial score (nSPS) is 13.9. The fourth-order valence-corrected chi connectivity index (χ4v) is 4.99. The second-order valence-electron chi connectivity index (χ2n) is 5.69. The van der Waals surface area contributed by atoms with E-state index < -0.39 is 4.92 Å². The molecule has 1 aliphatic heterocycles. The minimum Gasteiger partial charge on any atom is -1.00 e. The number of allylic oxidation sites excluding steroid dienone is 1. The van der Waals surface area contributed by atoms with Gasteiger partial charge in [0.25, 0.3) is 5.69 Å². The first-order chi connectivity index (χ1) is 13.1. The number of carbonyl (C=O) groups excluding carboxylic acids is 1. The molecule has 0 aliphatic carbocycles. The highest BCUT2D eigenvalue weighted by Crippen LogP contribution is 2.39. The Labute approximate surface area is 175 Å². The number of aromatic nitrogens is 1. The number of nitro groups is 1. The molecule has 0 spiro atoms. The van der Waals surface area contributed by atoms with Gasteiger partial charge >= 0.3 is 10.2 Å². The lowest BCUT2D eigenvalue weighted by molar-refractivity contribution is -0.588. The summed E-state index contributed by atoms with van der Waals surface area (Å²) in [6.07, 6.45) is 1.81. The van der Waals surface area contributed by atoms with Crippen LogP contribution in [0.3, 0.4) is 0 Å². The van der Waals surface area contributed by atoms with Crippen LogP contribution in [0.1, 0.15) is 10.4 Å². The van der Waals surface area contributed by atoms with E-state index in [2.05, 4.69) is 0 Å². The Hall–Kier alpha value is -2.68. The first-order valence-electron chi connectivity index (χ1n) is 7.94. The molecule has 9 heteroatoms. The molecule has 0 fully saturated rings. The van der Waals surface area contributed by atoms with Crippen molar-refractivity contribution in [2.45, 2.75) is 4.34 Å². The molecule has 0 bridgehead atoms. The molecule has 0 saturated heterocycles. The van der Waals surface area contributed by atoms with E-state index in [0.29, 0.717) is 21.9 Å². The minimum absolute atomic E-state index is 0. The molecule has 0 amide bonds. The summed E-state index contributed by atoms with van der Waals surface area (Å²) in [6.45, 7) is 0. The Bertz CT molecular complexity index is 1110. The van der Waals surface area contributed by atoms with Gasteiger partial charge in [0.15, 0.2) is 0 Å². The predicted molar refractivity (Wildman–Crippen MR) is 104 cm³/mol. The number of fused-ring (bicyclic) bond motifs is 1. The molecule has 2 heterocycles. The fourth-order valence-electron chi connectivity index (χ4n) is 2.81. The maximum absolute atomic E-state index is 13.0. The number of thiazole rings is 1. The van der Waals surface area contributed by atoms with E-state index in [4.69, 9.17) is 4.74 Å². The second-order valence-corrected chi connectivity index (χ2v) is 7.83. The van der Waals surface area contributed by atoms with Crippen LogP contribution in [-0.2, 0) is 0 Å². The van der Waals surface area contributed by atoms with Crippen molar-refractivity contribution in [3.8, 4) is 17.0 Å².